The minimum atomic E-state index is -0.363. The van der Waals surface area contributed by atoms with Gasteiger partial charge in [0.05, 0.1) is 0 Å². The van der Waals surface area contributed by atoms with E-state index in [2.05, 4.69) is 54.6 Å². The normalized spacial score (nSPS) is 15.8. The van der Waals surface area contributed by atoms with Crippen molar-refractivity contribution < 1.29 is 4.74 Å². The maximum Gasteiger partial charge on any atom is 0.247 e. The summed E-state index contributed by atoms with van der Waals surface area (Å²) < 4.78 is 7.19. The van der Waals surface area contributed by atoms with Crippen molar-refractivity contribution in [3.63, 3.8) is 0 Å². The average Bonchev–Trinajstić information content (AvgIpc) is 2.85. The number of thioether (sulfide) groups is 1. The fourth-order valence-corrected chi connectivity index (χ4v) is 3.51. The summed E-state index contributed by atoms with van der Waals surface area (Å²) in [6.07, 6.45) is 3.66. The number of benzene rings is 2. The molecule has 1 aliphatic heterocycles. The van der Waals surface area contributed by atoms with Crippen LogP contribution in [-0.2, 0) is 0 Å². The van der Waals surface area contributed by atoms with Gasteiger partial charge in [0.1, 0.15) is 0 Å². The summed E-state index contributed by atoms with van der Waals surface area (Å²) in [5.74, 6) is 0.476. The van der Waals surface area contributed by atoms with E-state index in [0.717, 1.165) is 26.9 Å². The van der Waals surface area contributed by atoms with Crippen LogP contribution in [0.3, 0.4) is 0 Å². The minimum Gasteiger partial charge on any atom is -0.448 e. The number of halogens is 1. The lowest BCUT2D eigenvalue weighted by Gasteiger charge is -2.20. The highest BCUT2D eigenvalue weighted by Gasteiger charge is 2.26. The van der Waals surface area contributed by atoms with Gasteiger partial charge in [-0.1, -0.05) is 64.1 Å². The molecule has 1 atom stereocenters. The fraction of sp³-hybridized carbons (Fsp3) is 0.150. The van der Waals surface area contributed by atoms with E-state index in [4.69, 9.17) is 4.74 Å². The highest BCUT2D eigenvalue weighted by Crippen LogP contribution is 2.38. The predicted octanol–water partition coefficient (Wildman–Crippen LogP) is 5.26. The molecule has 0 spiro atoms. The van der Waals surface area contributed by atoms with E-state index in [1.165, 1.54) is 11.8 Å². The largest absolute Gasteiger partial charge is 0.448 e. The van der Waals surface area contributed by atoms with E-state index in [1.807, 2.05) is 49.6 Å². The first-order valence-corrected chi connectivity index (χ1v) is 10.4. The Morgan fingerprint density at radius 2 is 2.00 bits per heavy atom. The summed E-state index contributed by atoms with van der Waals surface area (Å²) in [4.78, 5) is 4.54. The Morgan fingerprint density at radius 1 is 1.19 bits per heavy atom. The van der Waals surface area contributed by atoms with E-state index in [-0.39, 0.29) is 6.23 Å². The Morgan fingerprint density at radius 3 is 2.78 bits per heavy atom. The summed E-state index contributed by atoms with van der Waals surface area (Å²) in [6.45, 7) is 2.04. The van der Waals surface area contributed by atoms with E-state index in [1.54, 1.807) is 0 Å². The molecular weight excluding hydrogens is 424 g/mol. The van der Waals surface area contributed by atoms with Crippen LogP contribution < -0.4 is 10.1 Å². The van der Waals surface area contributed by atoms with Crippen molar-refractivity contribution in [1.82, 2.24) is 15.2 Å². The third-order valence-corrected chi connectivity index (χ3v) is 5.21. The van der Waals surface area contributed by atoms with Crippen LogP contribution in [0.4, 0.5) is 5.69 Å². The van der Waals surface area contributed by atoms with Gasteiger partial charge in [-0.2, -0.15) is 4.98 Å². The Labute approximate surface area is 170 Å². The van der Waals surface area contributed by atoms with Crippen molar-refractivity contribution in [2.45, 2.75) is 18.3 Å². The van der Waals surface area contributed by atoms with Gasteiger partial charge in [-0.25, -0.2) is 0 Å². The van der Waals surface area contributed by atoms with Gasteiger partial charge in [-0.15, -0.1) is 10.2 Å². The maximum absolute atomic E-state index is 6.23. The highest BCUT2D eigenvalue weighted by molar-refractivity contribution is 9.10. The average molecular weight is 441 g/mol. The molecule has 1 N–H and O–H groups in total. The van der Waals surface area contributed by atoms with Gasteiger partial charge in [-0.05, 0) is 42.5 Å². The van der Waals surface area contributed by atoms with Crippen LogP contribution in [0, 0.1) is 0 Å². The van der Waals surface area contributed by atoms with Crippen LogP contribution >= 0.6 is 27.7 Å². The molecule has 136 valence electrons. The Hall–Kier alpha value is -2.38. The predicted molar refractivity (Wildman–Crippen MR) is 113 cm³/mol. The SMILES string of the molecule is CSc1nnc2c(n1)O[C@H](/C(C)=C\c1ccccc1)Nc1ccc(Br)cc1-2. The molecule has 7 heteroatoms. The number of fused-ring (bicyclic) bond motifs is 3. The minimum absolute atomic E-state index is 0.363. The molecule has 0 bridgehead atoms. The third kappa shape index (κ3) is 3.84. The standard InChI is InChI=1S/C20H17BrN4OS/c1-12(10-13-6-4-3-5-7-13)18-22-16-9-8-14(21)11-15(16)17-19(26-18)23-20(27-2)25-24-17/h3-11,18,22H,1-2H3/b12-10-/t18-/m1/s1. The number of nitrogens with one attached hydrogen (secondary N) is 1. The van der Waals surface area contributed by atoms with Crippen molar-refractivity contribution in [2.75, 3.05) is 11.6 Å². The molecule has 3 aromatic rings. The zero-order valence-electron chi connectivity index (χ0n) is 14.8. The summed E-state index contributed by atoms with van der Waals surface area (Å²) in [5.41, 5.74) is 4.61. The summed E-state index contributed by atoms with van der Waals surface area (Å²) in [7, 11) is 0. The molecule has 1 aromatic heterocycles. The lowest BCUT2D eigenvalue weighted by atomic mass is 10.1. The molecule has 0 saturated carbocycles. The first kappa shape index (κ1) is 18.0. The van der Waals surface area contributed by atoms with Crippen molar-refractivity contribution >= 4 is 39.5 Å². The number of anilines is 1. The van der Waals surface area contributed by atoms with Crippen molar-refractivity contribution in [2.24, 2.45) is 0 Å². The van der Waals surface area contributed by atoms with Crippen LogP contribution in [0.5, 0.6) is 5.88 Å². The maximum atomic E-state index is 6.23. The van der Waals surface area contributed by atoms with Crippen LogP contribution in [0.25, 0.3) is 17.3 Å². The van der Waals surface area contributed by atoms with E-state index in [9.17, 15) is 0 Å². The van der Waals surface area contributed by atoms with Gasteiger partial charge in [0.15, 0.2) is 11.9 Å². The van der Waals surface area contributed by atoms with Crippen LogP contribution in [0.15, 0.2) is 63.7 Å². The monoisotopic (exact) mass is 440 g/mol. The Balaban J connectivity index is 1.80. The molecule has 0 fully saturated rings. The van der Waals surface area contributed by atoms with Gasteiger partial charge in [0.25, 0.3) is 0 Å². The smallest absolute Gasteiger partial charge is 0.247 e. The summed E-state index contributed by atoms with van der Waals surface area (Å²) in [5, 5.41) is 12.6. The quantitative estimate of drug-likeness (QED) is 0.560. The van der Waals surface area contributed by atoms with E-state index >= 15 is 0 Å². The van der Waals surface area contributed by atoms with Crippen molar-refractivity contribution in [3.05, 3.63) is 64.1 Å². The molecule has 2 aromatic carbocycles. The molecule has 2 heterocycles. The molecule has 0 radical (unpaired) electrons. The van der Waals surface area contributed by atoms with Gasteiger partial charge < -0.3 is 10.1 Å². The second kappa shape index (κ2) is 7.70. The Kier molecular flexibility index (Phi) is 5.13. The molecule has 0 aliphatic carbocycles. The number of aromatic nitrogens is 3. The first-order chi connectivity index (χ1) is 13.1. The molecule has 0 saturated heterocycles. The molecule has 5 nitrogen and oxygen atoms in total. The van der Waals surface area contributed by atoms with E-state index < -0.39 is 0 Å². The zero-order valence-corrected chi connectivity index (χ0v) is 17.2. The van der Waals surface area contributed by atoms with Gasteiger partial charge in [0, 0.05) is 15.7 Å². The summed E-state index contributed by atoms with van der Waals surface area (Å²) in [6, 6.07) is 16.2. The lowest BCUT2D eigenvalue weighted by Crippen LogP contribution is -2.27. The topological polar surface area (TPSA) is 59.9 Å². The van der Waals surface area contributed by atoms with Crippen LogP contribution in [0.2, 0.25) is 0 Å². The number of nitrogens with zero attached hydrogens (tertiary/aromatic N) is 3. The molecule has 27 heavy (non-hydrogen) atoms. The van der Waals surface area contributed by atoms with Crippen LogP contribution in [0.1, 0.15) is 12.5 Å². The first-order valence-electron chi connectivity index (χ1n) is 8.39. The van der Waals surface area contributed by atoms with E-state index in [0.29, 0.717) is 16.7 Å². The third-order valence-electron chi connectivity index (χ3n) is 4.18. The van der Waals surface area contributed by atoms with Crippen molar-refractivity contribution in [3.8, 4) is 17.1 Å². The van der Waals surface area contributed by atoms with Crippen molar-refractivity contribution in [1.29, 1.82) is 0 Å². The highest BCUT2D eigenvalue weighted by atomic mass is 79.9. The number of hydrogen-bond donors (Lipinski definition) is 1. The second-order valence-corrected chi connectivity index (χ2v) is 7.77. The number of hydrogen-bond acceptors (Lipinski definition) is 6. The molecule has 0 amide bonds. The zero-order chi connectivity index (χ0) is 18.8. The number of ether oxygens (including phenoxy) is 1. The molecule has 1 aliphatic rings. The van der Waals surface area contributed by atoms with Gasteiger partial charge >= 0.3 is 0 Å². The number of rotatable bonds is 3. The Bertz CT molecular complexity index is 1010. The lowest BCUT2D eigenvalue weighted by molar-refractivity contribution is 0.255. The summed E-state index contributed by atoms with van der Waals surface area (Å²) >= 11 is 4.97. The van der Waals surface area contributed by atoms with Gasteiger partial charge in [0.2, 0.25) is 11.0 Å². The fourth-order valence-electron chi connectivity index (χ4n) is 2.85. The van der Waals surface area contributed by atoms with Crippen LogP contribution in [-0.4, -0.2) is 27.7 Å². The molecule has 0 unspecified atom stereocenters. The second-order valence-electron chi connectivity index (χ2n) is 6.08. The van der Waals surface area contributed by atoms with Gasteiger partial charge in [-0.3, -0.25) is 0 Å². The molecule has 4 rings (SSSR count). The molecular formula is C20H17BrN4OS.